The zero-order valence-electron chi connectivity index (χ0n) is 28.2. The molecule has 0 unspecified atom stereocenters. The Hall–Kier alpha value is -6.70. The van der Waals surface area contributed by atoms with Gasteiger partial charge >= 0.3 is 0 Å². The van der Waals surface area contributed by atoms with E-state index in [0.717, 1.165) is 17.1 Å². The first kappa shape index (κ1) is 30.4. The minimum absolute atomic E-state index is 1.10. The standard InChI is InChI=1S/C50H35N/c1-3-17-36(18-4-1)37-31-33-40(34-32-37)51(50-35-39-21-7-8-23-42(39)44-25-13-14-29-48(44)50)49-30-16-15-28-47(49)46-27-12-11-26-45(46)43-24-10-9-22-41(43)38-19-5-2-6-20-38/h1-35H. The molecule has 0 aliphatic heterocycles. The van der Waals surface area contributed by atoms with Gasteiger partial charge in [-0.3, -0.25) is 0 Å². The third-order valence-corrected chi connectivity index (χ3v) is 9.88. The van der Waals surface area contributed by atoms with Crippen molar-refractivity contribution in [2.24, 2.45) is 0 Å². The van der Waals surface area contributed by atoms with Crippen LogP contribution in [0.2, 0.25) is 0 Å². The molecule has 1 heteroatoms. The summed E-state index contributed by atoms with van der Waals surface area (Å²) in [6.45, 7) is 0. The SMILES string of the molecule is c1ccc(-c2ccc(N(c3ccccc3-c3ccccc3-c3ccccc3-c3ccccc3)c3cc4ccccc4c4ccccc34)cc2)cc1. The Morgan fingerprint density at radius 1 is 0.255 bits per heavy atom. The van der Waals surface area contributed by atoms with Gasteiger partial charge in [0.2, 0.25) is 0 Å². The molecule has 1 nitrogen and oxygen atoms in total. The molecule has 51 heavy (non-hydrogen) atoms. The number of rotatable bonds is 7. The zero-order chi connectivity index (χ0) is 34.0. The van der Waals surface area contributed by atoms with Crippen molar-refractivity contribution >= 4 is 38.6 Å². The summed E-state index contributed by atoms with van der Waals surface area (Å²) >= 11 is 0. The summed E-state index contributed by atoms with van der Waals surface area (Å²) in [5.74, 6) is 0. The molecule has 0 saturated heterocycles. The Balaban J connectivity index is 1.29. The third kappa shape index (κ3) is 5.65. The smallest absolute Gasteiger partial charge is 0.0546 e. The van der Waals surface area contributed by atoms with Gasteiger partial charge in [-0.15, -0.1) is 0 Å². The van der Waals surface area contributed by atoms with Crippen LogP contribution in [0.3, 0.4) is 0 Å². The predicted molar refractivity (Wildman–Crippen MR) is 218 cm³/mol. The van der Waals surface area contributed by atoms with Crippen LogP contribution in [0, 0.1) is 0 Å². The molecule has 9 rings (SSSR count). The van der Waals surface area contributed by atoms with Crippen LogP contribution in [0.15, 0.2) is 212 Å². The Bertz CT molecular complexity index is 2620. The molecule has 0 fully saturated rings. The van der Waals surface area contributed by atoms with Gasteiger partial charge in [-0.05, 0) is 79.4 Å². The lowest BCUT2D eigenvalue weighted by Crippen LogP contribution is -2.12. The van der Waals surface area contributed by atoms with Crippen LogP contribution in [0.5, 0.6) is 0 Å². The highest BCUT2D eigenvalue weighted by Crippen LogP contribution is 2.47. The lowest BCUT2D eigenvalue weighted by molar-refractivity contribution is 1.30. The van der Waals surface area contributed by atoms with Crippen LogP contribution in [-0.4, -0.2) is 0 Å². The third-order valence-electron chi connectivity index (χ3n) is 9.88. The monoisotopic (exact) mass is 649 g/mol. The topological polar surface area (TPSA) is 3.24 Å². The molecule has 0 aliphatic rings. The first-order valence-electron chi connectivity index (χ1n) is 17.5. The van der Waals surface area contributed by atoms with Gasteiger partial charge in [-0.1, -0.05) is 188 Å². The molecular weight excluding hydrogens is 615 g/mol. The first-order valence-corrected chi connectivity index (χ1v) is 17.5. The number of fused-ring (bicyclic) bond motifs is 3. The van der Waals surface area contributed by atoms with E-state index in [1.165, 1.54) is 66.1 Å². The molecule has 0 aliphatic carbocycles. The maximum Gasteiger partial charge on any atom is 0.0546 e. The van der Waals surface area contributed by atoms with Gasteiger partial charge in [-0.2, -0.15) is 0 Å². The summed E-state index contributed by atoms with van der Waals surface area (Å²) in [5, 5.41) is 4.92. The number of nitrogens with zero attached hydrogens (tertiary/aromatic N) is 1. The fraction of sp³-hybridized carbons (Fsp3) is 0. The molecule has 9 aromatic rings. The fourth-order valence-electron chi connectivity index (χ4n) is 7.50. The van der Waals surface area contributed by atoms with Gasteiger partial charge in [0.1, 0.15) is 0 Å². The number of hydrogen-bond donors (Lipinski definition) is 0. The van der Waals surface area contributed by atoms with Crippen molar-refractivity contribution in [3.05, 3.63) is 212 Å². The Kier molecular flexibility index (Phi) is 7.92. The van der Waals surface area contributed by atoms with Crippen molar-refractivity contribution < 1.29 is 0 Å². The van der Waals surface area contributed by atoms with E-state index in [4.69, 9.17) is 0 Å². The molecule has 0 amide bonds. The average molecular weight is 650 g/mol. The molecule has 9 aromatic carbocycles. The maximum atomic E-state index is 2.46. The van der Waals surface area contributed by atoms with E-state index in [2.05, 4.69) is 217 Å². The first-order chi connectivity index (χ1) is 25.3. The van der Waals surface area contributed by atoms with Crippen LogP contribution < -0.4 is 4.90 Å². The van der Waals surface area contributed by atoms with Gasteiger partial charge in [0.15, 0.2) is 0 Å². The highest BCUT2D eigenvalue weighted by molar-refractivity contribution is 6.15. The maximum absolute atomic E-state index is 2.46. The molecule has 0 N–H and O–H groups in total. The lowest BCUT2D eigenvalue weighted by Gasteiger charge is -2.30. The van der Waals surface area contributed by atoms with Crippen LogP contribution in [0.1, 0.15) is 0 Å². The molecule has 0 aromatic heterocycles. The summed E-state index contributed by atoms with van der Waals surface area (Å²) in [6, 6.07) is 76.7. The Morgan fingerprint density at radius 2 is 0.706 bits per heavy atom. The predicted octanol–water partition coefficient (Wildman–Crippen LogP) is 14.1. The van der Waals surface area contributed by atoms with Gasteiger partial charge in [0.05, 0.1) is 11.4 Å². The summed E-state index contributed by atoms with van der Waals surface area (Å²) in [7, 11) is 0. The molecule has 0 atom stereocenters. The van der Waals surface area contributed by atoms with Crippen molar-refractivity contribution in [1.82, 2.24) is 0 Å². The molecule has 0 bridgehead atoms. The largest absolute Gasteiger partial charge is 0.309 e. The summed E-state index contributed by atoms with van der Waals surface area (Å²) in [5.41, 5.74) is 13.0. The minimum atomic E-state index is 1.10. The zero-order valence-corrected chi connectivity index (χ0v) is 28.2. The fourth-order valence-corrected chi connectivity index (χ4v) is 7.50. The second-order valence-electron chi connectivity index (χ2n) is 12.9. The van der Waals surface area contributed by atoms with E-state index in [9.17, 15) is 0 Å². The van der Waals surface area contributed by atoms with Crippen LogP contribution >= 0.6 is 0 Å². The van der Waals surface area contributed by atoms with E-state index < -0.39 is 0 Å². The Labute approximate surface area is 299 Å². The van der Waals surface area contributed by atoms with Gasteiger partial charge in [0.25, 0.3) is 0 Å². The number of hydrogen-bond acceptors (Lipinski definition) is 1. The normalized spacial score (nSPS) is 11.1. The van der Waals surface area contributed by atoms with Crippen LogP contribution in [0.25, 0.3) is 66.1 Å². The van der Waals surface area contributed by atoms with Crippen molar-refractivity contribution in [2.45, 2.75) is 0 Å². The van der Waals surface area contributed by atoms with E-state index >= 15 is 0 Å². The molecule has 0 saturated carbocycles. The summed E-state index contributed by atoms with van der Waals surface area (Å²) in [4.78, 5) is 2.46. The van der Waals surface area contributed by atoms with E-state index in [-0.39, 0.29) is 0 Å². The van der Waals surface area contributed by atoms with Crippen molar-refractivity contribution in [3.63, 3.8) is 0 Å². The van der Waals surface area contributed by atoms with Crippen molar-refractivity contribution in [3.8, 4) is 44.5 Å². The highest BCUT2D eigenvalue weighted by atomic mass is 15.1. The molecule has 0 radical (unpaired) electrons. The molecule has 0 heterocycles. The number of benzene rings is 9. The van der Waals surface area contributed by atoms with Gasteiger partial charge < -0.3 is 4.90 Å². The second kappa shape index (κ2) is 13.3. The van der Waals surface area contributed by atoms with Crippen molar-refractivity contribution in [1.29, 1.82) is 0 Å². The van der Waals surface area contributed by atoms with E-state index in [1.807, 2.05) is 0 Å². The quantitative estimate of drug-likeness (QED) is 0.155. The highest BCUT2D eigenvalue weighted by Gasteiger charge is 2.22. The minimum Gasteiger partial charge on any atom is -0.309 e. The van der Waals surface area contributed by atoms with Crippen molar-refractivity contribution in [2.75, 3.05) is 4.90 Å². The molecule has 0 spiro atoms. The average Bonchev–Trinajstić information content (AvgIpc) is 3.22. The molecular formula is C50H35N. The van der Waals surface area contributed by atoms with E-state index in [1.54, 1.807) is 0 Å². The Morgan fingerprint density at radius 3 is 1.39 bits per heavy atom. The second-order valence-corrected chi connectivity index (χ2v) is 12.9. The van der Waals surface area contributed by atoms with Crippen LogP contribution in [0.4, 0.5) is 17.1 Å². The van der Waals surface area contributed by atoms with Crippen LogP contribution in [-0.2, 0) is 0 Å². The summed E-state index contributed by atoms with van der Waals surface area (Å²) in [6.07, 6.45) is 0. The number of anilines is 3. The van der Waals surface area contributed by atoms with E-state index in [0.29, 0.717) is 0 Å². The van der Waals surface area contributed by atoms with Gasteiger partial charge in [0, 0.05) is 16.6 Å². The summed E-state index contributed by atoms with van der Waals surface area (Å²) < 4.78 is 0. The lowest BCUT2D eigenvalue weighted by atomic mass is 9.88. The van der Waals surface area contributed by atoms with Gasteiger partial charge in [-0.25, -0.2) is 0 Å². The number of para-hydroxylation sites is 1. The molecule has 240 valence electrons.